The van der Waals surface area contributed by atoms with E-state index in [0.717, 1.165) is 41.8 Å². The molecule has 0 amide bonds. The Morgan fingerprint density at radius 2 is 2.07 bits per heavy atom. The second-order valence-corrected chi connectivity index (χ2v) is 7.23. The van der Waals surface area contributed by atoms with Crippen LogP contribution in [0.25, 0.3) is 27.6 Å². The van der Waals surface area contributed by atoms with Crippen LogP contribution in [0.5, 0.6) is 0 Å². The second-order valence-electron chi connectivity index (χ2n) is 7.23. The van der Waals surface area contributed by atoms with Gasteiger partial charge < -0.3 is 19.0 Å². The Bertz CT molecular complexity index is 1160. The SMILES string of the molecule is CC1CN(c2ccc3cc(-c4cc5ccccn5c4)c(=O)oc3c2)CCN1. The number of hydrogen-bond acceptors (Lipinski definition) is 4. The van der Waals surface area contributed by atoms with Gasteiger partial charge in [-0.3, -0.25) is 0 Å². The molecule has 0 spiro atoms. The van der Waals surface area contributed by atoms with Crippen LogP contribution >= 0.6 is 0 Å². The molecule has 4 aromatic rings. The monoisotopic (exact) mass is 359 g/mol. The Morgan fingerprint density at radius 1 is 1.15 bits per heavy atom. The average molecular weight is 359 g/mol. The van der Waals surface area contributed by atoms with E-state index in [1.54, 1.807) is 0 Å². The Morgan fingerprint density at radius 3 is 2.93 bits per heavy atom. The van der Waals surface area contributed by atoms with E-state index in [1.807, 2.05) is 59.3 Å². The number of aromatic nitrogens is 1. The van der Waals surface area contributed by atoms with Crippen molar-refractivity contribution in [3.63, 3.8) is 0 Å². The van der Waals surface area contributed by atoms with Crippen LogP contribution in [-0.4, -0.2) is 30.1 Å². The van der Waals surface area contributed by atoms with Crippen LogP contribution in [0.3, 0.4) is 0 Å². The minimum atomic E-state index is -0.302. The molecule has 0 saturated carbocycles. The summed E-state index contributed by atoms with van der Waals surface area (Å²) in [4.78, 5) is 15.0. The predicted octanol–water partition coefficient (Wildman–Crippen LogP) is 3.51. The van der Waals surface area contributed by atoms with Gasteiger partial charge in [-0.25, -0.2) is 4.79 Å². The summed E-state index contributed by atoms with van der Waals surface area (Å²) in [5.74, 6) is 0. The van der Waals surface area contributed by atoms with E-state index < -0.39 is 0 Å². The largest absolute Gasteiger partial charge is 0.422 e. The standard InChI is InChI=1S/C22H21N3O2/c1-15-13-25(9-7-23-15)19-6-5-16-11-20(22(26)27-21(16)12-19)17-10-18-4-2-3-8-24(18)14-17/h2-6,8,10-12,14-15,23H,7,9,13H2,1H3. The highest BCUT2D eigenvalue weighted by Crippen LogP contribution is 2.27. The van der Waals surface area contributed by atoms with Crippen LogP contribution in [0.15, 0.2) is 70.1 Å². The van der Waals surface area contributed by atoms with Crippen LogP contribution in [0.4, 0.5) is 5.69 Å². The van der Waals surface area contributed by atoms with Crippen molar-refractivity contribution in [3.05, 3.63) is 71.3 Å². The van der Waals surface area contributed by atoms with Gasteiger partial charge in [0, 0.05) is 66.3 Å². The minimum absolute atomic E-state index is 0.302. The summed E-state index contributed by atoms with van der Waals surface area (Å²) in [6.45, 7) is 5.05. The molecule has 1 aliphatic rings. The summed E-state index contributed by atoms with van der Waals surface area (Å²) in [5, 5.41) is 4.38. The zero-order valence-corrected chi connectivity index (χ0v) is 15.2. The highest BCUT2D eigenvalue weighted by Gasteiger charge is 2.17. The molecule has 5 heteroatoms. The van der Waals surface area contributed by atoms with Gasteiger partial charge in [0.25, 0.3) is 0 Å². The molecule has 0 aliphatic carbocycles. The number of nitrogens with one attached hydrogen (secondary N) is 1. The van der Waals surface area contributed by atoms with E-state index in [-0.39, 0.29) is 5.63 Å². The van der Waals surface area contributed by atoms with Gasteiger partial charge in [0.1, 0.15) is 5.58 Å². The Kier molecular flexibility index (Phi) is 3.76. The number of hydrogen-bond donors (Lipinski definition) is 1. The molecule has 1 unspecified atom stereocenters. The lowest BCUT2D eigenvalue weighted by atomic mass is 10.1. The maximum Gasteiger partial charge on any atom is 0.344 e. The number of anilines is 1. The first-order valence-electron chi connectivity index (χ1n) is 9.31. The van der Waals surface area contributed by atoms with Crippen LogP contribution in [0, 0.1) is 0 Å². The third kappa shape index (κ3) is 2.90. The van der Waals surface area contributed by atoms with Gasteiger partial charge >= 0.3 is 5.63 Å². The lowest BCUT2D eigenvalue weighted by Gasteiger charge is -2.33. The third-order valence-corrected chi connectivity index (χ3v) is 5.27. The van der Waals surface area contributed by atoms with Crippen molar-refractivity contribution in [2.75, 3.05) is 24.5 Å². The number of pyridine rings is 1. The maximum atomic E-state index is 12.7. The zero-order chi connectivity index (χ0) is 18.4. The van der Waals surface area contributed by atoms with Gasteiger partial charge in [-0.05, 0) is 43.3 Å². The fourth-order valence-corrected chi connectivity index (χ4v) is 3.87. The van der Waals surface area contributed by atoms with Gasteiger partial charge in [-0.1, -0.05) is 6.07 Å². The molecule has 1 saturated heterocycles. The minimum Gasteiger partial charge on any atom is -0.422 e. The van der Waals surface area contributed by atoms with E-state index in [0.29, 0.717) is 17.2 Å². The first-order chi connectivity index (χ1) is 13.2. The summed E-state index contributed by atoms with van der Waals surface area (Å²) >= 11 is 0. The molecular formula is C22H21N3O2. The average Bonchev–Trinajstić information content (AvgIpc) is 3.11. The van der Waals surface area contributed by atoms with Crippen molar-refractivity contribution in [3.8, 4) is 11.1 Å². The van der Waals surface area contributed by atoms with E-state index in [2.05, 4.69) is 23.2 Å². The fraction of sp³-hybridized carbons (Fsp3) is 0.227. The summed E-state index contributed by atoms with van der Waals surface area (Å²) in [6, 6.07) is 16.5. The molecule has 4 heterocycles. The Balaban J connectivity index is 1.57. The number of fused-ring (bicyclic) bond motifs is 2. The molecule has 1 aromatic carbocycles. The lowest BCUT2D eigenvalue weighted by Crippen LogP contribution is -2.49. The topological polar surface area (TPSA) is 49.9 Å². The molecule has 1 aliphatic heterocycles. The molecule has 27 heavy (non-hydrogen) atoms. The van der Waals surface area contributed by atoms with Crippen LogP contribution in [-0.2, 0) is 0 Å². The summed E-state index contributed by atoms with van der Waals surface area (Å²) < 4.78 is 7.70. The van der Waals surface area contributed by atoms with Gasteiger partial charge in [0.15, 0.2) is 0 Å². The van der Waals surface area contributed by atoms with Gasteiger partial charge in [-0.2, -0.15) is 0 Å². The van der Waals surface area contributed by atoms with Crippen molar-refractivity contribution in [1.82, 2.24) is 9.72 Å². The summed E-state index contributed by atoms with van der Waals surface area (Å²) in [6.07, 6.45) is 3.94. The number of nitrogens with zero attached hydrogens (tertiary/aromatic N) is 2. The Labute approximate surface area is 156 Å². The smallest absolute Gasteiger partial charge is 0.344 e. The Hall–Kier alpha value is -3.05. The van der Waals surface area contributed by atoms with Crippen molar-refractivity contribution in [2.45, 2.75) is 13.0 Å². The van der Waals surface area contributed by atoms with E-state index in [9.17, 15) is 4.79 Å². The molecule has 1 N–H and O–H groups in total. The number of benzene rings is 1. The van der Waals surface area contributed by atoms with Crippen molar-refractivity contribution < 1.29 is 4.42 Å². The molecule has 1 fully saturated rings. The van der Waals surface area contributed by atoms with Crippen molar-refractivity contribution in [2.24, 2.45) is 0 Å². The maximum absolute atomic E-state index is 12.7. The molecule has 3 aromatic heterocycles. The van der Waals surface area contributed by atoms with Crippen molar-refractivity contribution >= 4 is 22.2 Å². The molecule has 136 valence electrons. The first-order valence-corrected chi connectivity index (χ1v) is 9.31. The van der Waals surface area contributed by atoms with Gasteiger partial charge in [-0.15, -0.1) is 0 Å². The van der Waals surface area contributed by atoms with Gasteiger partial charge in [0.05, 0.1) is 5.56 Å². The molecular weight excluding hydrogens is 338 g/mol. The molecule has 0 bridgehead atoms. The molecule has 5 rings (SSSR count). The predicted molar refractivity (Wildman–Crippen MR) is 109 cm³/mol. The normalized spacial score (nSPS) is 17.7. The van der Waals surface area contributed by atoms with Gasteiger partial charge in [0.2, 0.25) is 0 Å². The fourth-order valence-electron chi connectivity index (χ4n) is 3.87. The quantitative estimate of drug-likeness (QED) is 0.557. The van der Waals surface area contributed by atoms with E-state index in [4.69, 9.17) is 4.42 Å². The highest BCUT2D eigenvalue weighted by molar-refractivity contribution is 5.85. The summed E-state index contributed by atoms with van der Waals surface area (Å²) in [5.41, 5.74) is 3.95. The lowest BCUT2D eigenvalue weighted by molar-refractivity contribution is 0.484. The van der Waals surface area contributed by atoms with Crippen LogP contribution in [0.1, 0.15) is 6.92 Å². The highest BCUT2D eigenvalue weighted by atomic mass is 16.4. The number of rotatable bonds is 2. The van der Waals surface area contributed by atoms with Crippen LogP contribution < -0.4 is 15.8 Å². The molecule has 1 atom stereocenters. The molecule has 5 nitrogen and oxygen atoms in total. The van der Waals surface area contributed by atoms with E-state index in [1.165, 1.54) is 0 Å². The van der Waals surface area contributed by atoms with Crippen LogP contribution in [0.2, 0.25) is 0 Å². The zero-order valence-electron chi connectivity index (χ0n) is 15.2. The van der Waals surface area contributed by atoms with Crippen molar-refractivity contribution in [1.29, 1.82) is 0 Å². The van der Waals surface area contributed by atoms with E-state index >= 15 is 0 Å². The second kappa shape index (κ2) is 6.28. The summed E-state index contributed by atoms with van der Waals surface area (Å²) in [7, 11) is 0. The number of piperazine rings is 1. The first kappa shape index (κ1) is 16.1. The molecule has 0 radical (unpaired) electrons. The third-order valence-electron chi connectivity index (χ3n) is 5.27.